The van der Waals surface area contributed by atoms with E-state index in [1.807, 2.05) is 72.1 Å². The minimum atomic E-state index is -1.60. The average Bonchev–Trinajstić information content (AvgIpc) is 1.59. The van der Waals surface area contributed by atoms with Crippen LogP contribution in [0.25, 0.3) is 11.3 Å². The molecule has 28 heteroatoms. The van der Waals surface area contributed by atoms with Gasteiger partial charge in [-0.3, -0.25) is 0 Å². The number of piperidine rings is 2. The molecule has 8 aliphatic rings. The summed E-state index contributed by atoms with van der Waals surface area (Å²) in [6.07, 6.45) is 15.2. The van der Waals surface area contributed by atoms with Crippen molar-refractivity contribution in [1.29, 1.82) is 0 Å². The number of phenolic OH excluding ortho intramolecular Hbond substituents is 2. The summed E-state index contributed by atoms with van der Waals surface area (Å²) in [4.78, 5) is 46.9. The van der Waals surface area contributed by atoms with Crippen LogP contribution in [0.1, 0.15) is 119 Å². The molecule has 0 spiro atoms. The average molecular weight is 1370 g/mol. The summed E-state index contributed by atoms with van der Waals surface area (Å²) in [5.74, 6) is 2.18. The number of ether oxygens (including phenoxy) is 6. The third kappa shape index (κ3) is 17.2. The SMILES string of the molecule is CC(C)(C)OC(=O)N1CCC(OC2CC(Oc3cc(N4C5CCC4CN(c4cc(-c6ccccc6O)nnc4N)C5)ccn3)C2)CC1.CC(C)(C)OC(=O)N1CCC(OC2CC(Oc3cc(N4C5CCC4CN(c4cc(Cl)nnc4N)C5)ccn3)C2)CC1.OB(O)c1ccccc1O. The molecule has 8 N–H and O–H groups in total. The van der Waals surface area contributed by atoms with Crippen LogP contribution in [0.4, 0.5) is 44.0 Å². The number of carbonyl (C=O) groups excluding carboxylic acids is 2. The number of fused-ring (bicyclic) bond motifs is 4. The van der Waals surface area contributed by atoms with Crippen LogP contribution in [0.2, 0.25) is 5.15 Å². The molecular weight excluding hydrogens is 1280 g/mol. The molecule has 14 rings (SSSR count). The zero-order chi connectivity index (χ0) is 69.0. The first kappa shape index (κ1) is 69.5. The van der Waals surface area contributed by atoms with Gasteiger partial charge in [0.25, 0.3) is 0 Å². The van der Waals surface area contributed by atoms with Crippen LogP contribution in [-0.2, 0) is 18.9 Å². The number of nitrogens with zero attached hydrogens (tertiary/aromatic N) is 12. The van der Waals surface area contributed by atoms with Gasteiger partial charge in [-0.2, -0.15) is 0 Å². The molecule has 6 aliphatic heterocycles. The molecule has 2 aliphatic carbocycles. The lowest BCUT2D eigenvalue weighted by Crippen LogP contribution is -2.54. The van der Waals surface area contributed by atoms with Crippen molar-refractivity contribution in [1.82, 2.24) is 40.2 Å². The highest BCUT2D eigenvalue weighted by Crippen LogP contribution is 2.43. The number of aromatic nitrogens is 6. The molecule has 6 saturated heterocycles. The molecule has 4 bridgehead atoms. The first-order chi connectivity index (χ1) is 46.9. The molecule has 2 amide bonds. The van der Waals surface area contributed by atoms with E-state index in [1.54, 1.807) is 40.1 Å². The van der Waals surface area contributed by atoms with Gasteiger partial charge in [0.05, 0.1) is 41.5 Å². The number of aromatic hydroxyl groups is 2. The van der Waals surface area contributed by atoms with Crippen molar-refractivity contribution in [2.45, 2.75) is 191 Å². The fourth-order valence-corrected chi connectivity index (χ4v) is 14.6. The van der Waals surface area contributed by atoms with Crippen molar-refractivity contribution in [3.8, 4) is 34.5 Å². The van der Waals surface area contributed by atoms with Gasteiger partial charge in [-0.05, 0) is 129 Å². The Balaban J connectivity index is 0.000000164. The van der Waals surface area contributed by atoms with E-state index in [2.05, 4.69) is 74.2 Å². The van der Waals surface area contributed by atoms with Gasteiger partial charge in [0.15, 0.2) is 16.8 Å². The van der Waals surface area contributed by atoms with Gasteiger partial charge in [0, 0.05) is 155 Å². The van der Waals surface area contributed by atoms with Crippen LogP contribution in [0.5, 0.6) is 23.3 Å². The lowest BCUT2D eigenvalue weighted by Gasteiger charge is -2.43. The van der Waals surface area contributed by atoms with Gasteiger partial charge >= 0.3 is 19.3 Å². The van der Waals surface area contributed by atoms with Crippen molar-refractivity contribution in [3.63, 3.8) is 0 Å². The monoisotopic (exact) mass is 1370 g/mol. The van der Waals surface area contributed by atoms with E-state index < -0.39 is 18.3 Å². The van der Waals surface area contributed by atoms with E-state index in [9.17, 15) is 14.7 Å². The van der Waals surface area contributed by atoms with Crippen molar-refractivity contribution < 1.29 is 58.3 Å². The van der Waals surface area contributed by atoms with Crippen LogP contribution < -0.4 is 46.0 Å². The highest BCUT2D eigenvalue weighted by atomic mass is 35.5. The second-order valence-corrected chi connectivity index (χ2v) is 29.1. The molecule has 0 radical (unpaired) electrons. The van der Waals surface area contributed by atoms with E-state index in [1.165, 1.54) is 12.1 Å². The minimum absolute atomic E-state index is 0.0820. The largest absolute Gasteiger partial charge is 0.508 e. The first-order valence-electron chi connectivity index (χ1n) is 34.4. The number of hydrogen-bond donors (Lipinski definition) is 6. The number of amides is 2. The Labute approximate surface area is 577 Å². The van der Waals surface area contributed by atoms with Crippen LogP contribution in [0.15, 0.2) is 97.3 Å². The second kappa shape index (κ2) is 30.0. The molecule has 10 heterocycles. The molecule has 524 valence electrons. The molecule has 4 unspecified atom stereocenters. The summed E-state index contributed by atoms with van der Waals surface area (Å²) in [5.41, 5.74) is 16.8. The molecule has 2 saturated carbocycles. The Hall–Kier alpha value is -8.37. The second-order valence-electron chi connectivity index (χ2n) is 28.8. The molecule has 4 aromatic heterocycles. The number of anilines is 6. The Kier molecular flexibility index (Phi) is 21.3. The summed E-state index contributed by atoms with van der Waals surface area (Å²) < 4.78 is 36.3. The predicted octanol–water partition coefficient (Wildman–Crippen LogP) is 8.37. The predicted molar refractivity (Wildman–Crippen MR) is 373 cm³/mol. The van der Waals surface area contributed by atoms with E-state index in [0.29, 0.717) is 90.2 Å². The highest BCUT2D eigenvalue weighted by Gasteiger charge is 2.44. The molecule has 2 aromatic carbocycles. The maximum absolute atomic E-state index is 12.4. The zero-order valence-corrected chi connectivity index (χ0v) is 57.4. The van der Waals surface area contributed by atoms with Crippen LogP contribution >= 0.6 is 11.6 Å². The van der Waals surface area contributed by atoms with Crippen LogP contribution in [-0.4, -0.2) is 204 Å². The Bertz CT molecular complexity index is 3690. The van der Waals surface area contributed by atoms with Crippen molar-refractivity contribution in [2.24, 2.45) is 0 Å². The number of nitrogen functional groups attached to an aromatic ring is 2. The number of hydrogen-bond acceptors (Lipinski definition) is 24. The molecule has 4 atom stereocenters. The summed E-state index contributed by atoms with van der Waals surface area (Å²) in [7, 11) is -1.60. The number of piperazine rings is 2. The van der Waals surface area contributed by atoms with Gasteiger partial charge in [0.1, 0.15) is 34.9 Å². The molecule has 26 nitrogen and oxygen atoms in total. The summed E-state index contributed by atoms with van der Waals surface area (Å²) in [6, 6.07) is 26.6. The number of pyridine rings is 2. The smallest absolute Gasteiger partial charge is 0.492 e. The van der Waals surface area contributed by atoms with E-state index >= 15 is 0 Å². The number of nitrogens with two attached hydrogens (primary N) is 2. The highest BCUT2D eigenvalue weighted by molar-refractivity contribution is 6.59. The quantitative estimate of drug-likeness (QED) is 0.0558. The number of rotatable bonds is 14. The van der Waals surface area contributed by atoms with Gasteiger partial charge in [-0.1, -0.05) is 41.9 Å². The number of benzene rings is 2. The number of carbonyl (C=O) groups is 2. The lowest BCUT2D eigenvalue weighted by molar-refractivity contribution is -0.111. The summed E-state index contributed by atoms with van der Waals surface area (Å²) in [5, 5.41) is 53.2. The Morgan fingerprint density at radius 1 is 0.520 bits per heavy atom. The normalized spacial score (nSPS) is 23.9. The Morgan fingerprint density at radius 2 is 0.939 bits per heavy atom. The van der Waals surface area contributed by atoms with Crippen molar-refractivity contribution >= 4 is 70.8 Å². The molecular formula is C70H92BClN14O12. The lowest BCUT2D eigenvalue weighted by atomic mass is 9.80. The zero-order valence-electron chi connectivity index (χ0n) is 56.7. The third-order valence-corrected chi connectivity index (χ3v) is 19.5. The maximum Gasteiger partial charge on any atom is 0.492 e. The fourth-order valence-electron chi connectivity index (χ4n) is 14.4. The standard InChI is InChI=1S/C35H45N7O5.C29H40ClN7O4.C6H7BO3/c1-35(2,3)47-34(44)40-14-11-25(12-15-40)45-26-17-27(18-26)46-32-16-22(10-13-37-32)42-23-8-9-24(42)21-41(20-23)30-19-29(38-39-33(30)36)28-6-4-5-7-31(28)43;1-29(2,3)41-28(38)35-10-7-21(8-11-35)39-22-13-23(14-22)40-26-12-18(6-9-32-26)37-19-4-5-20(37)17-36(16-19)24-15-25(30)33-34-27(24)31;8-6-4-2-1-3-5(6)7(9)10/h4-7,10,13,16,19,23-27,43H,8-9,11-12,14-15,17-18,20-21H2,1-3H3,(H2,36,39);6,9,12,15,19-23H,4-5,7-8,10-11,13-14,16-17H2,1-3H3,(H2,31,34);1-4,8-10H. The third-order valence-electron chi connectivity index (χ3n) is 19.3. The molecule has 6 aromatic rings. The van der Waals surface area contributed by atoms with Gasteiger partial charge in [-0.25, -0.2) is 19.6 Å². The van der Waals surface area contributed by atoms with Crippen LogP contribution in [0.3, 0.4) is 0 Å². The Morgan fingerprint density at radius 3 is 1.36 bits per heavy atom. The molecule has 98 heavy (non-hydrogen) atoms. The van der Waals surface area contributed by atoms with Crippen molar-refractivity contribution in [3.05, 3.63) is 102 Å². The number of para-hydroxylation sites is 2. The van der Waals surface area contributed by atoms with E-state index in [0.717, 1.165) is 126 Å². The fraction of sp³-hybridized carbons (Fsp3) is 0.543. The van der Waals surface area contributed by atoms with Crippen LogP contribution in [0, 0.1) is 0 Å². The summed E-state index contributed by atoms with van der Waals surface area (Å²) >= 11 is 6.10. The van der Waals surface area contributed by atoms with Gasteiger partial charge in [-0.15, -0.1) is 20.4 Å². The molecule has 8 fully saturated rings. The van der Waals surface area contributed by atoms with Gasteiger partial charge < -0.3 is 89.5 Å². The first-order valence-corrected chi connectivity index (χ1v) is 34.7. The topological polar surface area (TPSA) is 319 Å². The van der Waals surface area contributed by atoms with E-state index in [4.69, 9.17) is 66.6 Å². The summed E-state index contributed by atoms with van der Waals surface area (Å²) in [6.45, 7) is 17.3. The maximum atomic E-state index is 12.4. The number of likely N-dealkylation sites (tertiary alicyclic amines) is 2. The number of halogens is 1. The number of phenols is 2. The van der Waals surface area contributed by atoms with E-state index in [-0.39, 0.29) is 65.8 Å². The minimum Gasteiger partial charge on any atom is -0.508 e. The van der Waals surface area contributed by atoms with Gasteiger partial charge in [0.2, 0.25) is 11.8 Å². The van der Waals surface area contributed by atoms with Crippen molar-refractivity contribution in [2.75, 3.05) is 83.4 Å².